The third kappa shape index (κ3) is 6.52. The highest BCUT2D eigenvalue weighted by Gasteiger charge is 2.09. The lowest BCUT2D eigenvalue weighted by Gasteiger charge is -2.21. The molecule has 0 heterocycles. The number of ketones is 2. The molecule has 0 radical (unpaired) electrons. The van der Waals surface area contributed by atoms with E-state index in [1.165, 1.54) is 5.56 Å². The molecule has 0 aromatic heterocycles. The van der Waals surface area contributed by atoms with Crippen molar-refractivity contribution in [2.45, 2.75) is 20.8 Å². The molecule has 0 saturated heterocycles. The second kappa shape index (κ2) is 12.3. The average molecular weight is 450 g/mol. The first-order valence-electron chi connectivity index (χ1n) is 11.6. The maximum Gasteiger partial charge on any atom is 0.193 e. The van der Waals surface area contributed by atoms with Crippen LogP contribution >= 0.6 is 0 Å². The van der Waals surface area contributed by atoms with E-state index in [0.717, 1.165) is 41.0 Å². The molecular weight excluding hydrogens is 418 g/mol. The van der Waals surface area contributed by atoms with Crippen molar-refractivity contribution in [1.82, 2.24) is 0 Å². The van der Waals surface area contributed by atoms with Gasteiger partial charge < -0.3 is 4.90 Å². The van der Waals surface area contributed by atoms with Crippen LogP contribution < -0.4 is 4.90 Å². The van der Waals surface area contributed by atoms with E-state index in [1.807, 2.05) is 116 Å². The molecule has 0 aliphatic rings. The zero-order valence-electron chi connectivity index (χ0n) is 20.1. The van der Waals surface area contributed by atoms with Gasteiger partial charge in [-0.1, -0.05) is 90.5 Å². The number of carbonyl (C=O) groups excluding carboxylic acids is 2. The van der Waals surface area contributed by atoms with Gasteiger partial charge in [0.15, 0.2) is 11.6 Å². The van der Waals surface area contributed by atoms with Crippen LogP contribution in [-0.2, 0) is 0 Å². The van der Waals surface area contributed by atoms with Crippen molar-refractivity contribution >= 4 is 17.3 Å². The zero-order valence-corrected chi connectivity index (χ0v) is 20.1. The van der Waals surface area contributed by atoms with Crippen molar-refractivity contribution in [2.24, 2.45) is 0 Å². The van der Waals surface area contributed by atoms with Crippen LogP contribution in [0.15, 0.2) is 109 Å². The fraction of sp³-hybridized carbons (Fsp3) is 0.161. The van der Waals surface area contributed by atoms with Gasteiger partial charge in [0.1, 0.15) is 0 Å². The standard InChI is InChI=1S/C17H19NO.C14H12O/c1-3-18(4-2)16-12-10-15(11-13-16)17(19)14-8-6-5-7-9-14;1-11-7-9-13(10-8-11)14(15)12-5-3-2-4-6-12/h5-13H,3-4H2,1-2H3;2-10H,1H3. The molecule has 0 N–H and O–H groups in total. The normalized spacial score (nSPS) is 10.1. The molecule has 0 saturated carbocycles. The van der Waals surface area contributed by atoms with Gasteiger partial charge in [0, 0.05) is 41.0 Å². The lowest BCUT2D eigenvalue weighted by atomic mass is 10.0. The number of carbonyl (C=O) groups is 2. The Balaban J connectivity index is 0.000000196. The van der Waals surface area contributed by atoms with E-state index in [0.29, 0.717) is 0 Å². The predicted octanol–water partition coefficient (Wildman–Crippen LogP) is 6.99. The Morgan fingerprint density at radius 3 is 1.26 bits per heavy atom. The van der Waals surface area contributed by atoms with Crippen molar-refractivity contribution in [3.8, 4) is 0 Å². The third-order valence-corrected chi connectivity index (χ3v) is 5.64. The molecule has 3 heteroatoms. The van der Waals surface area contributed by atoms with Gasteiger partial charge in [0.2, 0.25) is 0 Å². The number of anilines is 1. The Morgan fingerprint density at radius 1 is 0.529 bits per heavy atom. The first-order chi connectivity index (χ1) is 16.5. The maximum absolute atomic E-state index is 12.3. The van der Waals surface area contributed by atoms with Crippen LogP contribution in [0.3, 0.4) is 0 Å². The second-order valence-electron chi connectivity index (χ2n) is 7.98. The van der Waals surface area contributed by atoms with Crippen molar-refractivity contribution in [3.05, 3.63) is 137 Å². The van der Waals surface area contributed by atoms with Crippen LogP contribution in [0.2, 0.25) is 0 Å². The SMILES string of the molecule is CCN(CC)c1ccc(C(=O)c2ccccc2)cc1.Cc1ccc(C(=O)c2ccccc2)cc1. The van der Waals surface area contributed by atoms with E-state index >= 15 is 0 Å². The van der Waals surface area contributed by atoms with E-state index in [2.05, 4.69) is 18.7 Å². The third-order valence-electron chi connectivity index (χ3n) is 5.64. The number of nitrogens with zero attached hydrogens (tertiary/aromatic N) is 1. The zero-order chi connectivity index (χ0) is 24.3. The van der Waals surface area contributed by atoms with Gasteiger partial charge in [-0.3, -0.25) is 9.59 Å². The molecule has 0 aliphatic carbocycles. The number of rotatable bonds is 7. The smallest absolute Gasteiger partial charge is 0.193 e. The van der Waals surface area contributed by atoms with Gasteiger partial charge in [-0.2, -0.15) is 0 Å². The summed E-state index contributed by atoms with van der Waals surface area (Å²) >= 11 is 0. The van der Waals surface area contributed by atoms with E-state index in [1.54, 1.807) is 0 Å². The molecule has 172 valence electrons. The molecule has 4 rings (SSSR count). The van der Waals surface area contributed by atoms with E-state index in [9.17, 15) is 9.59 Å². The Morgan fingerprint density at radius 2 is 0.882 bits per heavy atom. The van der Waals surface area contributed by atoms with E-state index < -0.39 is 0 Å². The van der Waals surface area contributed by atoms with Crippen LogP contribution in [0.25, 0.3) is 0 Å². The lowest BCUT2D eigenvalue weighted by Crippen LogP contribution is -2.21. The largest absolute Gasteiger partial charge is 0.372 e. The summed E-state index contributed by atoms with van der Waals surface area (Å²) in [7, 11) is 0. The minimum absolute atomic E-state index is 0.0756. The summed E-state index contributed by atoms with van der Waals surface area (Å²) < 4.78 is 0. The highest BCUT2D eigenvalue weighted by atomic mass is 16.1. The Hall–Kier alpha value is -3.98. The van der Waals surface area contributed by atoms with Gasteiger partial charge in [-0.15, -0.1) is 0 Å². The molecular formula is C31H31NO2. The summed E-state index contributed by atoms with van der Waals surface area (Å²) in [5.41, 5.74) is 5.28. The van der Waals surface area contributed by atoms with Gasteiger partial charge in [0.25, 0.3) is 0 Å². The summed E-state index contributed by atoms with van der Waals surface area (Å²) in [5, 5.41) is 0. The summed E-state index contributed by atoms with van der Waals surface area (Å²) in [6.45, 7) is 8.22. The molecule has 0 fully saturated rings. The topological polar surface area (TPSA) is 37.4 Å². The minimum atomic E-state index is 0.0756. The van der Waals surface area contributed by atoms with Crippen LogP contribution in [0, 0.1) is 6.92 Å². The fourth-order valence-electron chi connectivity index (χ4n) is 3.63. The number of hydrogen-bond donors (Lipinski definition) is 0. The molecule has 3 nitrogen and oxygen atoms in total. The van der Waals surface area contributed by atoms with Crippen molar-refractivity contribution < 1.29 is 9.59 Å². The van der Waals surface area contributed by atoms with Crippen LogP contribution in [-0.4, -0.2) is 24.7 Å². The molecule has 0 bridgehead atoms. The predicted molar refractivity (Wildman–Crippen MR) is 141 cm³/mol. The maximum atomic E-state index is 12.3. The highest BCUT2D eigenvalue weighted by molar-refractivity contribution is 6.09. The summed E-state index contributed by atoms with van der Waals surface area (Å²) in [6.07, 6.45) is 0. The van der Waals surface area contributed by atoms with E-state index in [-0.39, 0.29) is 11.6 Å². The summed E-state index contributed by atoms with van der Waals surface area (Å²) in [6, 6.07) is 34.2. The number of hydrogen-bond acceptors (Lipinski definition) is 3. The molecule has 0 unspecified atom stereocenters. The molecule has 0 amide bonds. The van der Waals surface area contributed by atoms with Crippen LogP contribution in [0.4, 0.5) is 5.69 Å². The van der Waals surface area contributed by atoms with Crippen LogP contribution in [0.5, 0.6) is 0 Å². The molecule has 34 heavy (non-hydrogen) atoms. The number of aryl methyl sites for hydroxylation is 1. The van der Waals surface area contributed by atoms with Gasteiger partial charge in [-0.25, -0.2) is 0 Å². The van der Waals surface area contributed by atoms with E-state index in [4.69, 9.17) is 0 Å². The fourth-order valence-corrected chi connectivity index (χ4v) is 3.63. The first kappa shape index (κ1) is 24.7. The molecule has 4 aromatic rings. The quantitative estimate of drug-likeness (QED) is 0.285. The Bertz CT molecular complexity index is 1180. The van der Waals surface area contributed by atoms with Gasteiger partial charge in [-0.05, 0) is 45.0 Å². The van der Waals surface area contributed by atoms with Crippen molar-refractivity contribution in [2.75, 3.05) is 18.0 Å². The second-order valence-corrected chi connectivity index (χ2v) is 7.98. The number of benzene rings is 4. The van der Waals surface area contributed by atoms with Crippen molar-refractivity contribution in [3.63, 3.8) is 0 Å². The summed E-state index contributed by atoms with van der Waals surface area (Å²) in [5.74, 6) is 0.155. The first-order valence-corrected chi connectivity index (χ1v) is 11.6. The van der Waals surface area contributed by atoms with Gasteiger partial charge >= 0.3 is 0 Å². The molecule has 0 spiro atoms. The lowest BCUT2D eigenvalue weighted by molar-refractivity contribution is 0.103. The van der Waals surface area contributed by atoms with Gasteiger partial charge in [0.05, 0.1) is 0 Å². The summed E-state index contributed by atoms with van der Waals surface area (Å²) in [4.78, 5) is 26.5. The molecule has 4 aromatic carbocycles. The molecule has 0 atom stereocenters. The monoisotopic (exact) mass is 449 g/mol. The van der Waals surface area contributed by atoms with Crippen molar-refractivity contribution in [1.29, 1.82) is 0 Å². The Kier molecular flexibility index (Phi) is 8.93. The minimum Gasteiger partial charge on any atom is -0.372 e. The average Bonchev–Trinajstić information content (AvgIpc) is 2.91. The van der Waals surface area contributed by atoms with Crippen LogP contribution in [0.1, 0.15) is 51.3 Å². The molecule has 0 aliphatic heterocycles. The Labute approximate surface area is 202 Å². The highest BCUT2D eigenvalue weighted by Crippen LogP contribution is 2.17.